The number of hydrogen-bond acceptors (Lipinski definition) is 1. The Kier molecular flexibility index (Phi) is 3.77. The monoisotopic (exact) mass is 239 g/mol. The highest BCUT2D eigenvalue weighted by atomic mass is 19.2. The quantitative estimate of drug-likeness (QED) is 0.824. The summed E-state index contributed by atoms with van der Waals surface area (Å²) in [4.78, 5) is 0. The molecule has 0 bridgehead atoms. The Morgan fingerprint density at radius 3 is 2.53 bits per heavy atom. The van der Waals surface area contributed by atoms with Gasteiger partial charge in [-0.05, 0) is 43.9 Å². The van der Waals surface area contributed by atoms with E-state index in [4.69, 9.17) is 0 Å². The zero-order chi connectivity index (χ0) is 12.4. The Labute approximate surface area is 101 Å². The van der Waals surface area contributed by atoms with Crippen molar-refractivity contribution in [2.45, 2.75) is 45.2 Å². The zero-order valence-corrected chi connectivity index (χ0v) is 10.3. The summed E-state index contributed by atoms with van der Waals surface area (Å²) in [6.45, 7) is 4.13. The molecule has 3 heteroatoms. The second-order valence-corrected chi connectivity index (χ2v) is 5.14. The van der Waals surface area contributed by atoms with Gasteiger partial charge in [-0.2, -0.15) is 0 Å². The SMILES string of the molecule is CC(CC1CC1)NC(C)c1ccc(F)c(F)c1. The fourth-order valence-electron chi connectivity index (χ4n) is 2.23. The van der Waals surface area contributed by atoms with E-state index in [1.807, 2.05) is 6.92 Å². The molecule has 0 aliphatic heterocycles. The number of rotatable bonds is 5. The molecular weight excluding hydrogens is 220 g/mol. The fourth-order valence-corrected chi connectivity index (χ4v) is 2.23. The van der Waals surface area contributed by atoms with Crippen LogP contribution in [0.1, 0.15) is 44.7 Å². The second kappa shape index (κ2) is 5.13. The van der Waals surface area contributed by atoms with Crippen molar-refractivity contribution >= 4 is 0 Å². The molecule has 2 atom stereocenters. The van der Waals surface area contributed by atoms with Crippen LogP contribution in [0.5, 0.6) is 0 Å². The average Bonchev–Trinajstić information content (AvgIpc) is 3.05. The maximum Gasteiger partial charge on any atom is 0.159 e. The molecule has 1 aromatic carbocycles. The van der Waals surface area contributed by atoms with Gasteiger partial charge in [-0.3, -0.25) is 0 Å². The fraction of sp³-hybridized carbons (Fsp3) is 0.571. The zero-order valence-electron chi connectivity index (χ0n) is 10.3. The van der Waals surface area contributed by atoms with Crippen molar-refractivity contribution in [3.63, 3.8) is 0 Å². The normalized spacial score (nSPS) is 19.1. The Morgan fingerprint density at radius 1 is 1.24 bits per heavy atom. The summed E-state index contributed by atoms with van der Waals surface area (Å²) in [5.74, 6) is -0.687. The Morgan fingerprint density at radius 2 is 1.94 bits per heavy atom. The predicted molar refractivity (Wildman–Crippen MR) is 64.7 cm³/mol. The van der Waals surface area contributed by atoms with Gasteiger partial charge in [0.05, 0.1) is 0 Å². The van der Waals surface area contributed by atoms with Crippen LogP contribution >= 0.6 is 0 Å². The summed E-state index contributed by atoms with van der Waals surface area (Å²) in [5, 5.41) is 3.43. The molecule has 2 rings (SSSR count). The van der Waals surface area contributed by atoms with Gasteiger partial charge in [0.2, 0.25) is 0 Å². The lowest BCUT2D eigenvalue weighted by Gasteiger charge is -2.20. The van der Waals surface area contributed by atoms with Crippen molar-refractivity contribution in [2.24, 2.45) is 5.92 Å². The van der Waals surface area contributed by atoms with Crippen LogP contribution < -0.4 is 5.32 Å². The number of nitrogens with one attached hydrogen (secondary N) is 1. The van der Waals surface area contributed by atoms with E-state index in [2.05, 4.69) is 12.2 Å². The third-order valence-electron chi connectivity index (χ3n) is 3.36. The van der Waals surface area contributed by atoms with Crippen LogP contribution in [0.3, 0.4) is 0 Å². The van der Waals surface area contributed by atoms with Crippen LogP contribution in [-0.4, -0.2) is 6.04 Å². The summed E-state index contributed by atoms with van der Waals surface area (Å²) in [5.41, 5.74) is 0.798. The van der Waals surface area contributed by atoms with Crippen LogP contribution in [0.2, 0.25) is 0 Å². The topological polar surface area (TPSA) is 12.0 Å². The molecule has 0 amide bonds. The second-order valence-electron chi connectivity index (χ2n) is 5.14. The van der Waals surface area contributed by atoms with Crippen LogP contribution in [0.25, 0.3) is 0 Å². The minimum atomic E-state index is -0.785. The molecule has 0 aromatic heterocycles. The van der Waals surface area contributed by atoms with E-state index < -0.39 is 11.6 Å². The van der Waals surface area contributed by atoms with Gasteiger partial charge in [0.25, 0.3) is 0 Å². The van der Waals surface area contributed by atoms with Crippen molar-refractivity contribution in [1.82, 2.24) is 5.32 Å². The highest BCUT2D eigenvalue weighted by Gasteiger charge is 2.24. The van der Waals surface area contributed by atoms with E-state index in [9.17, 15) is 8.78 Å². The van der Waals surface area contributed by atoms with Crippen molar-refractivity contribution < 1.29 is 8.78 Å². The summed E-state index contributed by atoms with van der Waals surface area (Å²) in [6.07, 6.45) is 3.85. The molecule has 0 heterocycles. The van der Waals surface area contributed by atoms with Crippen LogP contribution in [0.4, 0.5) is 8.78 Å². The molecule has 1 fully saturated rings. The van der Waals surface area contributed by atoms with Gasteiger partial charge in [-0.25, -0.2) is 8.78 Å². The standard InChI is InChI=1S/C14H19F2N/c1-9(7-11-3-4-11)17-10(2)12-5-6-13(15)14(16)8-12/h5-6,8-11,17H,3-4,7H2,1-2H3. The average molecular weight is 239 g/mol. The summed E-state index contributed by atoms with van der Waals surface area (Å²) >= 11 is 0. The first-order chi connectivity index (χ1) is 8.06. The van der Waals surface area contributed by atoms with Crippen LogP contribution in [0.15, 0.2) is 18.2 Å². The smallest absolute Gasteiger partial charge is 0.159 e. The van der Waals surface area contributed by atoms with Crippen LogP contribution in [0, 0.1) is 17.6 Å². The number of benzene rings is 1. The lowest BCUT2D eigenvalue weighted by molar-refractivity contribution is 0.435. The third kappa shape index (κ3) is 3.50. The lowest BCUT2D eigenvalue weighted by atomic mass is 10.1. The molecular formula is C14H19F2N. The lowest BCUT2D eigenvalue weighted by Crippen LogP contribution is -2.29. The van der Waals surface area contributed by atoms with E-state index >= 15 is 0 Å². The van der Waals surface area contributed by atoms with Gasteiger partial charge in [0.15, 0.2) is 11.6 Å². The summed E-state index contributed by atoms with van der Waals surface area (Å²) < 4.78 is 25.9. The van der Waals surface area contributed by atoms with Crippen molar-refractivity contribution in [3.05, 3.63) is 35.4 Å². The van der Waals surface area contributed by atoms with Gasteiger partial charge in [0, 0.05) is 12.1 Å². The molecule has 1 nitrogen and oxygen atoms in total. The molecule has 1 aromatic rings. The Hall–Kier alpha value is -0.960. The minimum Gasteiger partial charge on any atom is -0.308 e. The molecule has 0 radical (unpaired) electrons. The highest BCUT2D eigenvalue weighted by Crippen LogP contribution is 2.33. The van der Waals surface area contributed by atoms with Crippen LogP contribution in [-0.2, 0) is 0 Å². The molecule has 1 saturated carbocycles. The molecule has 94 valence electrons. The first-order valence-electron chi connectivity index (χ1n) is 6.27. The minimum absolute atomic E-state index is 0.0545. The Bertz CT molecular complexity index is 388. The van der Waals surface area contributed by atoms with Crippen molar-refractivity contribution in [2.75, 3.05) is 0 Å². The van der Waals surface area contributed by atoms with E-state index in [1.54, 1.807) is 6.07 Å². The van der Waals surface area contributed by atoms with Gasteiger partial charge < -0.3 is 5.32 Å². The highest BCUT2D eigenvalue weighted by molar-refractivity contribution is 5.20. The molecule has 1 aliphatic rings. The van der Waals surface area contributed by atoms with E-state index in [0.717, 1.165) is 11.5 Å². The van der Waals surface area contributed by atoms with Gasteiger partial charge in [-0.15, -0.1) is 0 Å². The third-order valence-corrected chi connectivity index (χ3v) is 3.36. The molecule has 2 unspecified atom stereocenters. The maximum absolute atomic E-state index is 13.1. The van der Waals surface area contributed by atoms with Crippen molar-refractivity contribution in [3.8, 4) is 0 Å². The summed E-state index contributed by atoms with van der Waals surface area (Å²) in [7, 11) is 0. The van der Waals surface area contributed by atoms with E-state index in [-0.39, 0.29) is 6.04 Å². The van der Waals surface area contributed by atoms with Gasteiger partial charge in [-0.1, -0.05) is 18.9 Å². The molecule has 0 spiro atoms. The van der Waals surface area contributed by atoms with Gasteiger partial charge >= 0.3 is 0 Å². The summed E-state index contributed by atoms with van der Waals surface area (Å²) in [6, 6.07) is 4.58. The number of halogens is 2. The maximum atomic E-state index is 13.1. The molecule has 0 saturated heterocycles. The van der Waals surface area contributed by atoms with Gasteiger partial charge in [0.1, 0.15) is 0 Å². The van der Waals surface area contributed by atoms with E-state index in [0.29, 0.717) is 6.04 Å². The number of hydrogen-bond donors (Lipinski definition) is 1. The molecule has 1 N–H and O–H groups in total. The van der Waals surface area contributed by atoms with Crippen molar-refractivity contribution in [1.29, 1.82) is 0 Å². The largest absolute Gasteiger partial charge is 0.308 e. The molecule has 17 heavy (non-hydrogen) atoms. The first kappa shape index (κ1) is 12.5. The first-order valence-corrected chi connectivity index (χ1v) is 6.27. The van der Waals surface area contributed by atoms with E-state index in [1.165, 1.54) is 31.4 Å². The Balaban J connectivity index is 1.93. The molecule has 1 aliphatic carbocycles. The predicted octanol–water partition coefficient (Wildman–Crippen LogP) is 3.80.